The Morgan fingerprint density at radius 3 is 2.50 bits per heavy atom. The highest BCUT2D eigenvalue weighted by atomic mass is 32.2. The number of carbonyl (C=O) groups excluding carboxylic acids is 1. The van der Waals surface area contributed by atoms with Crippen LogP contribution in [0.4, 0.5) is 0 Å². The molecular weight excluding hydrogens is 448 g/mol. The molecule has 0 spiro atoms. The van der Waals surface area contributed by atoms with Gasteiger partial charge >= 0.3 is 5.91 Å². The highest BCUT2D eigenvalue weighted by molar-refractivity contribution is 7.98. The van der Waals surface area contributed by atoms with E-state index in [1.54, 1.807) is 18.9 Å². The molecule has 1 N–H and O–H groups in total. The molecule has 7 heteroatoms. The van der Waals surface area contributed by atoms with Crippen LogP contribution in [0.15, 0.2) is 71.6 Å². The van der Waals surface area contributed by atoms with Crippen LogP contribution >= 0.6 is 11.8 Å². The Morgan fingerprint density at radius 2 is 1.71 bits per heavy atom. The molecule has 0 aromatic heterocycles. The van der Waals surface area contributed by atoms with Gasteiger partial charge in [0.1, 0.15) is 12.3 Å². The summed E-state index contributed by atoms with van der Waals surface area (Å²) in [5, 5.41) is 3.42. The molecule has 0 unspecified atom stereocenters. The number of nitrogens with zero attached hydrogens (tertiary/aromatic N) is 1. The van der Waals surface area contributed by atoms with E-state index in [0.29, 0.717) is 11.0 Å². The van der Waals surface area contributed by atoms with Crippen LogP contribution in [0, 0.1) is 0 Å². The number of rotatable bonds is 7. The Kier molecular flexibility index (Phi) is 6.76. The van der Waals surface area contributed by atoms with Gasteiger partial charge in [-0.2, -0.15) is 0 Å². The fourth-order valence-corrected chi connectivity index (χ4v) is 5.55. The van der Waals surface area contributed by atoms with E-state index in [9.17, 15) is 4.79 Å². The average Bonchev–Trinajstić information content (AvgIpc) is 3.36. The first-order valence-electron chi connectivity index (χ1n) is 11.5. The van der Waals surface area contributed by atoms with Gasteiger partial charge in [0.15, 0.2) is 11.5 Å². The molecule has 0 radical (unpaired) electrons. The first kappa shape index (κ1) is 22.8. The van der Waals surface area contributed by atoms with Gasteiger partial charge in [0.05, 0.1) is 25.8 Å². The average molecular weight is 478 g/mol. The van der Waals surface area contributed by atoms with Gasteiger partial charge < -0.3 is 19.5 Å². The largest absolute Gasteiger partial charge is 0.497 e. The van der Waals surface area contributed by atoms with E-state index in [1.165, 1.54) is 5.56 Å². The molecule has 5 rings (SSSR count). The van der Waals surface area contributed by atoms with E-state index in [-0.39, 0.29) is 12.7 Å². The molecule has 3 aromatic rings. The van der Waals surface area contributed by atoms with Crippen LogP contribution in [0.25, 0.3) is 0 Å². The fourth-order valence-electron chi connectivity index (χ4n) is 4.55. The van der Waals surface area contributed by atoms with Crippen LogP contribution < -0.4 is 19.5 Å². The molecule has 0 saturated carbocycles. The van der Waals surface area contributed by atoms with Crippen LogP contribution in [0.3, 0.4) is 0 Å². The summed E-state index contributed by atoms with van der Waals surface area (Å²) >= 11 is 1.70. The van der Waals surface area contributed by atoms with Crippen LogP contribution in [-0.2, 0) is 12.3 Å². The van der Waals surface area contributed by atoms with Crippen molar-refractivity contribution in [3.63, 3.8) is 0 Å². The number of fused-ring (bicyclic) bond motifs is 1. The Morgan fingerprint density at radius 1 is 0.971 bits per heavy atom. The predicted octanol–water partition coefficient (Wildman–Crippen LogP) is 4.48. The molecule has 3 aromatic carbocycles. The first-order valence-corrected chi connectivity index (χ1v) is 12.5. The number of hydrogen-bond acceptors (Lipinski definition) is 6. The third-order valence-corrected chi connectivity index (χ3v) is 7.60. The van der Waals surface area contributed by atoms with Crippen LogP contribution in [0.1, 0.15) is 21.5 Å². The van der Waals surface area contributed by atoms with Crippen molar-refractivity contribution in [2.75, 3.05) is 40.1 Å². The summed E-state index contributed by atoms with van der Waals surface area (Å²) in [7, 11) is 1.67. The quantitative estimate of drug-likeness (QED) is 0.400. The SMILES string of the molecule is COc1ccc(CSc2ccccc2C(=O)[N+]2(Cc3ccc4c(c3)OCO4)CCNCC2)cc1. The van der Waals surface area contributed by atoms with E-state index in [0.717, 1.165) is 65.2 Å². The molecule has 0 atom stereocenters. The van der Waals surface area contributed by atoms with E-state index in [1.807, 2.05) is 48.5 Å². The number of hydrogen-bond donors (Lipinski definition) is 1. The number of piperazine rings is 1. The summed E-state index contributed by atoms with van der Waals surface area (Å²) in [5.74, 6) is 3.34. The number of carbonyl (C=O) groups is 1. The maximum absolute atomic E-state index is 14.1. The summed E-state index contributed by atoms with van der Waals surface area (Å²) in [4.78, 5) is 15.2. The second-order valence-electron chi connectivity index (χ2n) is 8.63. The standard InChI is InChI=1S/C27H29N2O4S/c1-31-22-9-6-20(7-10-22)18-34-26-5-3-2-4-23(26)27(30)29(14-12-28-13-15-29)17-21-8-11-24-25(16-21)33-19-32-24/h2-11,16,28H,12-15,17-19H2,1H3/q+1. The lowest BCUT2D eigenvalue weighted by atomic mass is 10.1. The molecule has 1 amide bonds. The summed E-state index contributed by atoms with van der Waals surface area (Å²) < 4.78 is 16.7. The van der Waals surface area contributed by atoms with E-state index >= 15 is 0 Å². The predicted molar refractivity (Wildman–Crippen MR) is 132 cm³/mol. The van der Waals surface area contributed by atoms with Gasteiger partial charge in [0.2, 0.25) is 6.79 Å². The minimum atomic E-state index is 0.178. The highest BCUT2D eigenvalue weighted by Crippen LogP contribution is 2.35. The van der Waals surface area contributed by atoms with Gasteiger partial charge in [0.25, 0.3) is 0 Å². The molecule has 0 aliphatic carbocycles. The lowest BCUT2D eigenvalue weighted by molar-refractivity contribution is -0.864. The van der Waals surface area contributed by atoms with Crippen molar-refractivity contribution in [2.24, 2.45) is 0 Å². The minimum absolute atomic E-state index is 0.178. The normalized spacial score (nSPS) is 16.3. The van der Waals surface area contributed by atoms with Crippen LogP contribution in [0.5, 0.6) is 17.2 Å². The van der Waals surface area contributed by atoms with Crippen molar-refractivity contribution in [3.05, 3.63) is 83.4 Å². The number of methoxy groups -OCH3 is 1. The second-order valence-corrected chi connectivity index (χ2v) is 9.64. The van der Waals surface area contributed by atoms with Gasteiger partial charge in [-0.3, -0.25) is 4.48 Å². The number of thioether (sulfide) groups is 1. The number of amides is 1. The molecule has 0 bridgehead atoms. The Balaban J connectivity index is 1.39. The lowest BCUT2D eigenvalue weighted by Crippen LogP contribution is -2.61. The van der Waals surface area contributed by atoms with Gasteiger partial charge in [-0.05, 0) is 48.0 Å². The monoisotopic (exact) mass is 477 g/mol. The van der Waals surface area contributed by atoms with Crippen molar-refractivity contribution in [1.29, 1.82) is 0 Å². The molecule has 6 nitrogen and oxygen atoms in total. The second kappa shape index (κ2) is 10.1. The number of quaternary nitrogens is 1. The summed E-state index contributed by atoms with van der Waals surface area (Å²) in [5.41, 5.74) is 3.08. The Bertz CT molecular complexity index is 1160. The van der Waals surface area contributed by atoms with Gasteiger partial charge in [-0.1, -0.05) is 24.3 Å². The third kappa shape index (κ3) is 4.78. The smallest absolute Gasteiger partial charge is 0.347 e. The zero-order valence-corrected chi connectivity index (χ0v) is 20.1. The number of ether oxygens (including phenoxy) is 3. The van der Waals surface area contributed by atoms with Crippen molar-refractivity contribution in [3.8, 4) is 17.2 Å². The van der Waals surface area contributed by atoms with E-state index in [4.69, 9.17) is 14.2 Å². The third-order valence-electron chi connectivity index (χ3n) is 6.46. The number of benzene rings is 3. The summed E-state index contributed by atoms with van der Waals surface area (Å²) in [6, 6.07) is 22.1. The van der Waals surface area contributed by atoms with Crippen molar-refractivity contribution in [1.82, 2.24) is 5.32 Å². The van der Waals surface area contributed by atoms with Crippen LogP contribution in [-0.4, -0.2) is 50.5 Å². The minimum Gasteiger partial charge on any atom is -0.497 e. The first-order chi connectivity index (χ1) is 16.7. The van der Waals surface area contributed by atoms with Crippen LogP contribution in [0.2, 0.25) is 0 Å². The molecule has 1 fully saturated rings. The molecule has 176 valence electrons. The van der Waals surface area contributed by atoms with Crippen molar-refractivity contribution in [2.45, 2.75) is 17.2 Å². The van der Waals surface area contributed by atoms with Gasteiger partial charge in [-0.15, -0.1) is 11.8 Å². The van der Waals surface area contributed by atoms with E-state index in [2.05, 4.69) is 23.5 Å². The molecule has 2 aliphatic heterocycles. The Hall–Kier alpha value is -3.00. The number of nitrogens with one attached hydrogen (secondary N) is 1. The van der Waals surface area contributed by atoms with Crippen molar-refractivity contribution >= 4 is 17.7 Å². The summed E-state index contributed by atoms with van der Waals surface area (Å²) in [6.07, 6.45) is 0. The molecule has 34 heavy (non-hydrogen) atoms. The summed E-state index contributed by atoms with van der Waals surface area (Å²) in [6.45, 7) is 4.03. The maximum atomic E-state index is 14.1. The topological polar surface area (TPSA) is 56.8 Å². The van der Waals surface area contributed by atoms with Crippen molar-refractivity contribution < 1.29 is 23.5 Å². The lowest BCUT2D eigenvalue weighted by Gasteiger charge is -2.39. The maximum Gasteiger partial charge on any atom is 0.347 e. The van der Waals surface area contributed by atoms with Gasteiger partial charge in [-0.25, -0.2) is 4.79 Å². The molecule has 2 aliphatic rings. The molecule has 2 heterocycles. The highest BCUT2D eigenvalue weighted by Gasteiger charge is 2.40. The molecule has 1 saturated heterocycles. The Labute approximate surface area is 204 Å². The van der Waals surface area contributed by atoms with E-state index < -0.39 is 0 Å². The fraction of sp³-hybridized carbons (Fsp3) is 0.296. The zero-order chi connectivity index (χ0) is 23.4. The van der Waals surface area contributed by atoms with Gasteiger partial charge in [0, 0.05) is 29.3 Å². The molecular formula is C27H29N2O4S+. The zero-order valence-electron chi connectivity index (χ0n) is 19.3.